The molecule has 0 bridgehead atoms. The van der Waals surface area contributed by atoms with Gasteiger partial charge < -0.3 is 5.32 Å². The fourth-order valence-electron chi connectivity index (χ4n) is 3.60. The van der Waals surface area contributed by atoms with E-state index >= 15 is 0 Å². The maximum absolute atomic E-state index is 12.4. The number of benzene rings is 1. The monoisotopic (exact) mass is 424 g/mol. The topological polar surface area (TPSA) is 59.8 Å². The molecule has 0 unspecified atom stereocenters. The van der Waals surface area contributed by atoms with E-state index in [1.54, 1.807) is 18.5 Å². The molecule has 1 aliphatic carbocycles. The van der Waals surface area contributed by atoms with Crippen LogP contribution in [0, 0.1) is 0 Å². The Balaban J connectivity index is 1.55. The molecule has 2 aromatic heterocycles. The highest BCUT2D eigenvalue weighted by Gasteiger charge is 2.22. The van der Waals surface area contributed by atoms with Crippen molar-refractivity contribution in [3.8, 4) is 11.3 Å². The van der Waals surface area contributed by atoms with Crippen molar-refractivity contribution in [2.45, 2.75) is 38.3 Å². The van der Waals surface area contributed by atoms with Crippen molar-refractivity contribution >= 4 is 21.8 Å². The summed E-state index contributed by atoms with van der Waals surface area (Å²) in [7, 11) is 0. The lowest BCUT2D eigenvalue weighted by molar-refractivity contribution is 0.0950. The van der Waals surface area contributed by atoms with Gasteiger partial charge in [-0.3, -0.25) is 14.5 Å². The van der Waals surface area contributed by atoms with Crippen molar-refractivity contribution < 1.29 is 4.79 Å². The molecule has 6 heteroatoms. The van der Waals surface area contributed by atoms with Crippen LogP contribution in [0.5, 0.6) is 0 Å². The highest BCUT2D eigenvalue weighted by atomic mass is 79.9. The van der Waals surface area contributed by atoms with Crippen LogP contribution >= 0.6 is 15.9 Å². The first-order chi connectivity index (χ1) is 13.2. The molecule has 1 fully saturated rings. The van der Waals surface area contributed by atoms with Gasteiger partial charge in [0.2, 0.25) is 0 Å². The number of rotatable bonds is 5. The average molecular weight is 425 g/mol. The second kappa shape index (κ2) is 8.05. The number of aromatic nitrogens is 3. The maximum Gasteiger partial charge on any atom is 0.251 e. The largest absolute Gasteiger partial charge is 0.346 e. The Morgan fingerprint density at radius 1 is 1.15 bits per heavy atom. The lowest BCUT2D eigenvalue weighted by Crippen LogP contribution is -2.23. The van der Waals surface area contributed by atoms with Crippen LogP contribution in [0.2, 0.25) is 0 Å². The fraction of sp³-hybridized carbons (Fsp3) is 0.286. The Morgan fingerprint density at radius 2 is 1.93 bits per heavy atom. The molecule has 27 heavy (non-hydrogen) atoms. The Labute approximate surface area is 167 Å². The molecule has 3 aromatic rings. The highest BCUT2D eigenvalue weighted by molar-refractivity contribution is 9.10. The van der Waals surface area contributed by atoms with Crippen LogP contribution in [-0.2, 0) is 6.54 Å². The minimum absolute atomic E-state index is 0.0998. The molecular formula is C21H21BrN4O. The number of hydrogen-bond donors (Lipinski definition) is 1. The molecule has 0 atom stereocenters. The van der Waals surface area contributed by atoms with Crippen LogP contribution in [0.1, 0.15) is 47.8 Å². The summed E-state index contributed by atoms with van der Waals surface area (Å²) in [5, 5.41) is 7.80. The fourth-order valence-corrected chi connectivity index (χ4v) is 4.00. The van der Waals surface area contributed by atoms with Gasteiger partial charge in [-0.2, -0.15) is 5.10 Å². The lowest BCUT2D eigenvalue weighted by Gasteiger charge is -2.14. The zero-order valence-corrected chi connectivity index (χ0v) is 16.5. The molecule has 1 amide bonds. The Morgan fingerprint density at radius 3 is 2.67 bits per heavy atom. The van der Waals surface area contributed by atoms with Gasteiger partial charge in [0.15, 0.2) is 0 Å². The molecule has 1 N–H and O–H groups in total. The van der Waals surface area contributed by atoms with Crippen LogP contribution in [0.15, 0.2) is 59.3 Å². The molecular weight excluding hydrogens is 404 g/mol. The van der Waals surface area contributed by atoms with E-state index in [4.69, 9.17) is 5.10 Å². The predicted molar refractivity (Wildman–Crippen MR) is 108 cm³/mol. The van der Waals surface area contributed by atoms with E-state index in [9.17, 15) is 4.79 Å². The first kappa shape index (κ1) is 17.9. The van der Waals surface area contributed by atoms with E-state index in [1.807, 2.05) is 30.3 Å². The number of carbonyl (C=O) groups excluding carboxylic acids is 1. The van der Waals surface area contributed by atoms with Gasteiger partial charge in [-0.25, -0.2) is 0 Å². The third-order valence-corrected chi connectivity index (χ3v) is 5.44. The van der Waals surface area contributed by atoms with Crippen molar-refractivity contribution in [3.05, 3.63) is 70.6 Å². The normalized spacial score (nSPS) is 14.4. The summed E-state index contributed by atoms with van der Waals surface area (Å²) in [4.78, 5) is 16.5. The molecule has 138 valence electrons. The number of pyridine rings is 1. The smallest absolute Gasteiger partial charge is 0.251 e. The summed E-state index contributed by atoms with van der Waals surface area (Å²) in [6.45, 7) is 0.406. The third-order valence-electron chi connectivity index (χ3n) is 4.95. The maximum atomic E-state index is 12.4. The van der Waals surface area contributed by atoms with Crippen molar-refractivity contribution in [2.75, 3.05) is 0 Å². The van der Waals surface area contributed by atoms with E-state index in [0.29, 0.717) is 18.2 Å². The number of nitrogens with zero attached hydrogens (tertiary/aromatic N) is 3. The molecule has 0 radical (unpaired) electrons. The van der Waals surface area contributed by atoms with Gasteiger partial charge in [-0.1, -0.05) is 34.8 Å². The van der Waals surface area contributed by atoms with E-state index < -0.39 is 0 Å². The highest BCUT2D eigenvalue weighted by Crippen LogP contribution is 2.33. The van der Waals surface area contributed by atoms with Gasteiger partial charge in [-0.05, 0) is 49.2 Å². The Bertz CT molecular complexity index is 932. The number of carbonyl (C=O) groups is 1. The quantitative estimate of drug-likeness (QED) is 0.642. The van der Waals surface area contributed by atoms with E-state index in [0.717, 1.165) is 34.3 Å². The van der Waals surface area contributed by atoms with Gasteiger partial charge in [0.25, 0.3) is 5.91 Å². The van der Waals surface area contributed by atoms with Gasteiger partial charge in [0, 0.05) is 28.0 Å². The van der Waals surface area contributed by atoms with E-state index in [1.165, 1.54) is 12.8 Å². The summed E-state index contributed by atoms with van der Waals surface area (Å²) >= 11 is 3.40. The van der Waals surface area contributed by atoms with Crippen molar-refractivity contribution in [1.82, 2.24) is 20.1 Å². The summed E-state index contributed by atoms with van der Waals surface area (Å²) in [6, 6.07) is 13.9. The molecule has 0 spiro atoms. The minimum Gasteiger partial charge on any atom is -0.346 e. The molecule has 1 aromatic carbocycles. The van der Waals surface area contributed by atoms with Gasteiger partial charge in [0.1, 0.15) is 0 Å². The van der Waals surface area contributed by atoms with Crippen LogP contribution in [-0.4, -0.2) is 20.7 Å². The first-order valence-corrected chi connectivity index (χ1v) is 10.0. The van der Waals surface area contributed by atoms with Crippen LogP contribution < -0.4 is 5.32 Å². The number of amides is 1. The second-order valence-corrected chi connectivity index (χ2v) is 7.75. The van der Waals surface area contributed by atoms with Crippen molar-refractivity contribution in [2.24, 2.45) is 0 Å². The lowest BCUT2D eigenvalue weighted by atomic mass is 10.1. The van der Waals surface area contributed by atoms with Gasteiger partial charge in [0.05, 0.1) is 24.0 Å². The molecule has 0 aliphatic heterocycles. The second-order valence-electron chi connectivity index (χ2n) is 6.83. The minimum atomic E-state index is -0.0998. The van der Waals surface area contributed by atoms with Crippen molar-refractivity contribution in [3.63, 3.8) is 0 Å². The Kier molecular flexibility index (Phi) is 5.34. The van der Waals surface area contributed by atoms with Crippen LogP contribution in [0.4, 0.5) is 0 Å². The van der Waals surface area contributed by atoms with E-state index in [-0.39, 0.29) is 5.91 Å². The summed E-state index contributed by atoms with van der Waals surface area (Å²) in [6.07, 6.45) is 8.41. The first-order valence-electron chi connectivity index (χ1n) is 9.23. The summed E-state index contributed by atoms with van der Waals surface area (Å²) < 4.78 is 3.03. The number of nitrogens with one attached hydrogen (secondary N) is 1. The molecule has 0 saturated heterocycles. The summed E-state index contributed by atoms with van der Waals surface area (Å²) in [5.74, 6) is -0.0998. The predicted octanol–water partition coefficient (Wildman–Crippen LogP) is 4.75. The molecule has 1 aliphatic rings. The average Bonchev–Trinajstić information content (AvgIpc) is 3.36. The van der Waals surface area contributed by atoms with E-state index in [2.05, 4.69) is 37.0 Å². The number of hydrogen-bond acceptors (Lipinski definition) is 3. The zero-order valence-electron chi connectivity index (χ0n) is 14.9. The molecule has 1 saturated carbocycles. The van der Waals surface area contributed by atoms with Gasteiger partial charge >= 0.3 is 0 Å². The molecule has 2 heterocycles. The van der Waals surface area contributed by atoms with Crippen LogP contribution in [0.3, 0.4) is 0 Å². The van der Waals surface area contributed by atoms with Crippen molar-refractivity contribution in [1.29, 1.82) is 0 Å². The number of halogens is 1. The Hall–Kier alpha value is -2.47. The standard InChI is InChI=1S/C21H21BrN4O/c22-17-5-3-4-16(12-17)21(27)24-14-18-13-20(15-8-10-23-11-9-15)26(25-18)19-6-1-2-7-19/h3-5,8-13,19H,1-2,6-7,14H2,(H,24,27). The molecule has 4 rings (SSSR count). The van der Waals surface area contributed by atoms with Crippen LogP contribution in [0.25, 0.3) is 11.3 Å². The zero-order chi connectivity index (χ0) is 18.6. The molecule has 5 nitrogen and oxygen atoms in total. The SMILES string of the molecule is O=C(NCc1cc(-c2ccncc2)n(C2CCCC2)n1)c1cccc(Br)c1. The van der Waals surface area contributed by atoms with Gasteiger partial charge in [-0.15, -0.1) is 0 Å². The third kappa shape index (κ3) is 4.11. The summed E-state index contributed by atoms with van der Waals surface area (Å²) in [5.41, 5.74) is 3.70.